The van der Waals surface area contributed by atoms with Crippen LogP contribution in [0.5, 0.6) is 0 Å². The number of nitrogens with one attached hydrogen (secondary N) is 1. The fraction of sp³-hybridized carbons (Fsp3) is 0.476. The van der Waals surface area contributed by atoms with Gasteiger partial charge in [0.05, 0.1) is 12.4 Å². The first-order valence-electron chi connectivity index (χ1n) is 9.49. The van der Waals surface area contributed by atoms with E-state index in [2.05, 4.69) is 18.3 Å². The summed E-state index contributed by atoms with van der Waals surface area (Å²) in [6, 6.07) is 9.52. The van der Waals surface area contributed by atoms with Gasteiger partial charge in [-0.15, -0.1) is 0 Å². The summed E-state index contributed by atoms with van der Waals surface area (Å²) in [5.41, 5.74) is 1.58. The van der Waals surface area contributed by atoms with Crippen molar-refractivity contribution in [3.8, 4) is 0 Å². The predicted octanol–water partition coefficient (Wildman–Crippen LogP) is 3.91. The second-order valence-electron chi connectivity index (χ2n) is 7.82. The first-order chi connectivity index (χ1) is 13.2. The highest BCUT2D eigenvalue weighted by Gasteiger charge is 2.39. The maximum atomic E-state index is 12.0. The minimum Gasteiger partial charge on any atom is -0.444 e. The Kier molecular flexibility index (Phi) is 6.25. The van der Waals surface area contributed by atoms with Crippen molar-refractivity contribution < 1.29 is 22.1 Å². The molecule has 1 saturated carbocycles. The molecule has 0 bridgehead atoms. The molecule has 0 heterocycles. The third-order valence-corrected chi connectivity index (χ3v) is 6.11. The molecule has 1 aromatic carbocycles. The van der Waals surface area contributed by atoms with E-state index in [0.717, 1.165) is 43.2 Å². The lowest BCUT2D eigenvalue weighted by molar-refractivity contribution is 0.142. The number of hydrogen-bond donors (Lipinski definition) is 1. The summed E-state index contributed by atoms with van der Waals surface area (Å²) in [5.74, 6) is 0.346. The predicted molar refractivity (Wildman–Crippen MR) is 107 cm³/mol. The van der Waals surface area contributed by atoms with Gasteiger partial charge in [0, 0.05) is 5.70 Å². The summed E-state index contributed by atoms with van der Waals surface area (Å²) in [4.78, 5) is 12.0. The number of ether oxygens (including phenoxy) is 1. The van der Waals surface area contributed by atoms with Gasteiger partial charge >= 0.3 is 6.09 Å². The Labute approximate surface area is 166 Å². The third-order valence-electron chi connectivity index (χ3n) is 5.49. The number of amides is 1. The van der Waals surface area contributed by atoms with Crippen LogP contribution < -0.4 is 5.32 Å². The van der Waals surface area contributed by atoms with Gasteiger partial charge < -0.3 is 4.74 Å². The first kappa shape index (κ1) is 20.6. The molecule has 1 amide bonds. The monoisotopic (exact) mass is 405 g/mol. The van der Waals surface area contributed by atoms with Crippen LogP contribution in [0.15, 0.2) is 54.3 Å². The van der Waals surface area contributed by atoms with Crippen LogP contribution in [-0.2, 0) is 25.6 Å². The van der Waals surface area contributed by atoms with Gasteiger partial charge in [-0.25, -0.2) is 4.79 Å². The highest BCUT2D eigenvalue weighted by molar-refractivity contribution is 7.86. The number of carbonyl (C=O) groups excluding carboxylic acids is 1. The van der Waals surface area contributed by atoms with Gasteiger partial charge in [0.1, 0.15) is 6.61 Å². The van der Waals surface area contributed by atoms with Crippen molar-refractivity contribution in [3.63, 3.8) is 0 Å². The Morgan fingerprint density at radius 1 is 1.25 bits per heavy atom. The van der Waals surface area contributed by atoms with Crippen LogP contribution in [0.1, 0.15) is 38.2 Å². The zero-order valence-electron chi connectivity index (χ0n) is 16.3. The summed E-state index contributed by atoms with van der Waals surface area (Å²) < 4.78 is 33.1. The maximum Gasteiger partial charge on any atom is 0.411 e. The highest BCUT2D eigenvalue weighted by Crippen LogP contribution is 2.46. The van der Waals surface area contributed by atoms with Crippen molar-refractivity contribution in [2.45, 2.75) is 45.3 Å². The molecule has 0 saturated heterocycles. The average molecular weight is 406 g/mol. The first-order valence-corrected chi connectivity index (χ1v) is 11.3. The molecule has 0 aliphatic heterocycles. The lowest BCUT2D eigenvalue weighted by Gasteiger charge is -2.34. The highest BCUT2D eigenvalue weighted by atomic mass is 32.2. The van der Waals surface area contributed by atoms with Gasteiger partial charge in [-0.3, -0.25) is 9.50 Å². The second-order valence-corrected chi connectivity index (χ2v) is 9.42. The van der Waals surface area contributed by atoms with E-state index in [-0.39, 0.29) is 18.1 Å². The molecule has 0 aromatic heterocycles. The number of carbonyl (C=O) groups is 1. The van der Waals surface area contributed by atoms with Crippen LogP contribution in [0.3, 0.4) is 0 Å². The van der Waals surface area contributed by atoms with Crippen LogP contribution >= 0.6 is 0 Å². The molecule has 1 fully saturated rings. The van der Waals surface area contributed by atoms with Gasteiger partial charge in [-0.2, -0.15) is 8.42 Å². The Morgan fingerprint density at radius 2 is 2.00 bits per heavy atom. The lowest BCUT2D eigenvalue weighted by Crippen LogP contribution is -2.29. The topological polar surface area (TPSA) is 81.7 Å². The minimum absolute atomic E-state index is 0.0747. The average Bonchev–Trinajstić information content (AvgIpc) is 3.10. The molecule has 7 heteroatoms. The van der Waals surface area contributed by atoms with E-state index in [1.54, 1.807) is 0 Å². The van der Waals surface area contributed by atoms with Crippen LogP contribution in [0.2, 0.25) is 0 Å². The number of allylic oxidation sites excluding steroid dienone is 3. The lowest BCUT2D eigenvalue weighted by atomic mass is 9.71. The van der Waals surface area contributed by atoms with Gasteiger partial charge in [-0.1, -0.05) is 49.4 Å². The van der Waals surface area contributed by atoms with E-state index in [1.807, 2.05) is 42.5 Å². The van der Waals surface area contributed by atoms with Gasteiger partial charge in [0.15, 0.2) is 0 Å². The Morgan fingerprint density at radius 3 is 2.64 bits per heavy atom. The summed E-state index contributed by atoms with van der Waals surface area (Å²) in [5, 5.41) is 2.77. The van der Waals surface area contributed by atoms with Crippen molar-refractivity contribution in [2.75, 3.05) is 6.26 Å². The SMILES string of the molecule is CC1([C@H]2CCC(OS(C)(=O)=O)C2)C=CC(NC(=O)OCc2ccccc2)=CC1. The molecular weight excluding hydrogens is 378 g/mol. The molecule has 2 unspecified atom stereocenters. The number of hydrogen-bond acceptors (Lipinski definition) is 5. The van der Waals surface area contributed by atoms with Gasteiger partial charge in [0.25, 0.3) is 10.1 Å². The molecule has 2 aliphatic carbocycles. The summed E-state index contributed by atoms with van der Waals surface area (Å²) >= 11 is 0. The third kappa shape index (κ3) is 5.69. The molecule has 3 atom stereocenters. The number of benzene rings is 1. The second kappa shape index (κ2) is 8.49. The molecule has 1 aromatic rings. The van der Waals surface area contributed by atoms with Gasteiger partial charge in [-0.05, 0) is 48.7 Å². The quantitative estimate of drug-likeness (QED) is 0.726. The molecule has 6 nitrogen and oxygen atoms in total. The van der Waals surface area contributed by atoms with E-state index >= 15 is 0 Å². The van der Waals surface area contributed by atoms with E-state index in [0.29, 0.717) is 5.92 Å². The minimum atomic E-state index is -3.42. The van der Waals surface area contributed by atoms with E-state index < -0.39 is 16.2 Å². The van der Waals surface area contributed by atoms with Crippen molar-refractivity contribution in [1.29, 1.82) is 0 Å². The summed E-state index contributed by atoms with van der Waals surface area (Å²) in [7, 11) is -3.42. The Balaban J connectivity index is 1.48. The largest absolute Gasteiger partial charge is 0.444 e. The Bertz CT molecular complexity index is 862. The molecule has 0 radical (unpaired) electrons. The standard InChI is InChI=1S/C21H27NO5S/c1-21(17-8-9-19(14-17)27-28(2,24)25)12-10-18(11-13-21)22-20(23)26-15-16-6-4-3-5-7-16/h3-7,10-12,17,19H,8-9,13-15H2,1-2H3,(H,22,23)/t17-,19?,21?/m0/s1. The fourth-order valence-corrected chi connectivity index (χ4v) is 4.56. The number of rotatable bonds is 6. The van der Waals surface area contributed by atoms with E-state index in [9.17, 15) is 13.2 Å². The van der Waals surface area contributed by atoms with Crippen molar-refractivity contribution in [2.24, 2.45) is 11.3 Å². The summed E-state index contributed by atoms with van der Waals surface area (Å²) in [6.45, 7) is 2.39. The molecule has 1 N–H and O–H groups in total. The number of alkyl carbamates (subject to hydrolysis) is 1. The molecule has 28 heavy (non-hydrogen) atoms. The maximum absolute atomic E-state index is 12.0. The zero-order valence-corrected chi connectivity index (χ0v) is 17.1. The smallest absolute Gasteiger partial charge is 0.411 e. The van der Waals surface area contributed by atoms with Crippen LogP contribution in [0.25, 0.3) is 0 Å². The molecule has 3 rings (SSSR count). The van der Waals surface area contributed by atoms with Crippen molar-refractivity contribution >= 4 is 16.2 Å². The van der Waals surface area contributed by atoms with Crippen molar-refractivity contribution in [1.82, 2.24) is 5.32 Å². The summed E-state index contributed by atoms with van der Waals surface area (Å²) in [6.07, 6.45) is 9.56. The molecule has 0 spiro atoms. The molecular formula is C21H27NO5S. The zero-order chi connectivity index (χ0) is 20.2. The normalized spacial score (nSPS) is 27.3. The molecule has 152 valence electrons. The van der Waals surface area contributed by atoms with Crippen molar-refractivity contribution in [3.05, 3.63) is 59.8 Å². The van der Waals surface area contributed by atoms with E-state index in [4.69, 9.17) is 8.92 Å². The fourth-order valence-electron chi connectivity index (χ4n) is 3.89. The Hall–Kier alpha value is -2.12. The molecule has 2 aliphatic rings. The van der Waals surface area contributed by atoms with Crippen LogP contribution in [-0.4, -0.2) is 26.9 Å². The van der Waals surface area contributed by atoms with Crippen LogP contribution in [0.4, 0.5) is 4.79 Å². The van der Waals surface area contributed by atoms with Gasteiger partial charge in [0.2, 0.25) is 0 Å². The van der Waals surface area contributed by atoms with E-state index in [1.165, 1.54) is 0 Å². The van der Waals surface area contributed by atoms with Crippen LogP contribution in [0, 0.1) is 11.3 Å².